The van der Waals surface area contributed by atoms with Gasteiger partial charge in [0, 0.05) is 19.2 Å². The van der Waals surface area contributed by atoms with Crippen LogP contribution in [-0.4, -0.2) is 25.8 Å². The van der Waals surface area contributed by atoms with E-state index in [1.807, 2.05) is 29.8 Å². The smallest absolute Gasteiger partial charge is 0.315 e. The van der Waals surface area contributed by atoms with Crippen LogP contribution in [0.25, 0.3) is 0 Å². The number of pyridine rings is 1. The van der Waals surface area contributed by atoms with Gasteiger partial charge in [-0.3, -0.25) is 4.98 Å². The van der Waals surface area contributed by atoms with Crippen molar-refractivity contribution in [1.29, 1.82) is 0 Å². The van der Waals surface area contributed by atoms with Crippen molar-refractivity contribution >= 4 is 6.03 Å². The van der Waals surface area contributed by atoms with Crippen LogP contribution in [0.3, 0.4) is 0 Å². The summed E-state index contributed by atoms with van der Waals surface area (Å²) in [7, 11) is 0. The zero-order valence-electron chi connectivity index (χ0n) is 15.1. The molecule has 134 valence electrons. The monoisotopic (exact) mass is 342 g/mol. The molecule has 3 rings (SSSR count). The molecule has 0 aliphatic carbocycles. The number of rotatable bonds is 5. The van der Waals surface area contributed by atoms with Crippen molar-refractivity contribution in [2.24, 2.45) is 5.92 Å². The fraction of sp³-hybridized carbons (Fsp3) is 0.556. The van der Waals surface area contributed by atoms with E-state index in [4.69, 9.17) is 0 Å². The van der Waals surface area contributed by atoms with Gasteiger partial charge in [-0.15, -0.1) is 0 Å². The number of hydrogen-bond donors (Lipinski definition) is 2. The van der Waals surface area contributed by atoms with E-state index in [0.717, 1.165) is 43.1 Å². The molecule has 0 radical (unpaired) electrons. The van der Waals surface area contributed by atoms with Crippen molar-refractivity contribution in [1.82, 2.24) is 30.4 Å². The molecule has 7 nitrogen and oxygen atoms in total. The topological polar surface area (TPSA) is 84.7 Å². The number of urea groups is 1. The molecule has 2 amide bonds. The minimum Gasteiger partial charge on any atom is -0.330 e. The lowest BCUT2D eigenvalue weighted by Crippen LogP contribution is -2.43. The van der Waals surface area contributed by atoms with E-state index in [-0.39, 0.29) is 24.0 Å². The normalized spacial score (nSPS) is 17.8. The first-order chi connectivity index (χ1) is 12.1. The summed E-state index contributed by atoms with van der Waals surface area (Å²) in [6.45, 7) is 7.05. The average molecular weight is 342 g/mol. The highest BCUT2D eigenvalue weighted by molar-refractivity contribution is 5.74. The van der Waals surface area contributed by atoms with Gasteiger partial charge in [0.05, 0.1) is 17.8 Å². The lowest BCUT2D eigenvalue weighted by Gasteiger charge is -2.26. The molecular weight excluding hydrogens is 316 g/mol. The fourth-order valence-corrected chi connectivity index (χ4v) is 3.17. The maximum Gasteiger partial charge on any atom is 0.315 e. The molecule has 7 heteroatoms. The Labute approximate surface area is 148 Å². The third-order valence-electron chi connectivity index (χ3n) is 4.50. The second-order valence-corrected chi connectivity index (χ2v) is 6.75. The Bertz CT molecular complexity index is 712. The number of carbonyl (C=O) groups excluding carboxylic acids is 1. The second-order valence-electron chi connectivity index (χ2n) is 6.75. The van der Waals surface area contributed by atoms with Crippen LogP contribution in [0.5, 0.6) is 0 Å². The third kappa shape index (κ3) is 3.97. The molecular formula is C18H26N6O. The van der Waals surface area contributed by atoms with Crippen molar-refractivity contribution in [3.05, 3.63) is 41.7 Å². The van der Waals surface area contributed by atoms with E-state index in [1.165, 1.54) is 0 Å². The maximum absolute atomic E-state index is 12.6. The van der Waals surface area contributed by atoms with Crippen LogP contribution in [0.15, 0.2) is 24.4 Å². The van der Waals surface area contributed by atoms with E-state index in [9.17, 15) is 4.79 Å². The van der Waals surface area contributed by atoms with Crippen molar-refractivity contribution in [2.45, 2.75) is 58.7 Å². The van der Waals surface area contributed by atoms with Gasteiger partial charge in [0.2, 0.25) is 0 Å². The molecule has 3 heterocycles. The minimum atomic E-state index is -0.191. The van der Waals surface area contributed by atoms with Crippen molar-refractivity contribution in [3.8, 4) is 0 Å². The largest absolute Gasteiger partial charge is 0.330 e. The molecule has 2 N–H and O–H groups in total. The zero-order valence-corrected chi connectivity index (χ0v) is 15.1. The first kappa shape index (κ1) is 17.4. The number of nitrogens with one attached hydrogen (secondary N) is 2. The molecule has 0 saturated heterocycles. The van der Waals surface area contributed by atoms with Gasteiger partial charge in [0.15, 0.2) is 5.82 Å². The van der Waals surface area contributed by atoms with Crippen molar-refractivity contribution in [2.75, 3.05) is 0 Å². The number of fused-ring (bicyclic) bond motifs is 1. The SMILES string of the molecule is CCc1nc2n(n1)CCC[C@H]2NC(=O)N[C@@H](c1ccccn1)C(C)C. The van der Waals surface area contributed by atoms with Crippen molar-refractivity contribution < 1.29 is 4.79 Å². The summed E-state index contributed by atoms with van der Waals surface area (Å²) in [5.41, 5.74) is 0.868. The van der Waals surface area contributed by atoms with Crippen LogP contribution in [0.1, 0.15) is 63.0 Å². The molecule has 2 atom stereocenters. The molecule has 0 fully saturated rings. The Morgan fingerprint density at radius 2 is 2.24 bits per heavy atom. The van der Waals surface area contributed by atoms with Crippen LogP contribution >= 0.6 is 0 Å². The highest BCUT2D eigenvalue weighted by atomic mass is 16.2. The molecule has 2 aromatic heterocycles. The van der Waals surface area contributed by atoms with Crippen LogP contribution < -0.4 is 10.6 Å². The Balaban J connectivity index is 1.69. The van der Waals surface area contributed by atoms with Crippen LogP contribution in [0.2, 0.25) is 0 Å². The molecule has 0 bridgehead atoms. The van der Waals surface area contributed by atoms with E-state index < -0.39 is 0 Å². The Morgan fingerprint density at radius 3 is 2.92 bits per heavy atom. The highest BCUT2D eigenvalue weighted by Gasteiger charge is 2.27. The van der Waals surface area contributed by atoms with Gasteiger partial charge in [-0.1, -0.05) is 26.8 Å². The van der Waals surface area contributed by atoms with Gasteiger partial charge in [-0.05, 0) is 30.9 Å². The number of carbonyl (C=O) groups is 1. The summed E-state index contributed by atoms with van der Waals surface area (Å²) in [6, 6.07) is 5.33. The molecule has 25 heavy (non-hydrogen) atoms. The summed E-state index contributed by atoms with van der Waals surface area (Å²) in [5, 5.41) is 10.6. The van der Waals surface area contributed by atoms with Crippen LogP contribution in [-0.2, 0) is 13.0 Å². The lowest BCUT2D eigenvalue weighted by molar-refractivity contribution is 0.224. The molecule has 0 spiro atoms. The number of aromatic nitrogens is 4. The number of hydrogen-bond acceptors (Lipinski definition) is 4. The van der Waals surface area contributed by atoms with E-state index in [1.54, 1.807) is 6.20 Å². The van der Waals surface area contributed by atoms with Gasteiger partial charge in [-0.2, -0.15) is 5.10 Å². The second kappa shape index (κ2) is 7.63. The van der Waals surface area contributed by atoms with E-state index >= 15 is 0 Å². The predicted molar refractivity (Wildman–Crippen MR) is 94.9 cm³/mol. The maximum atomic E-state index is 12.6. The predicted octanol–water partition coefficient (Wildman–Crippen LogP) is 2.77. The average Bonchev–Trinajstić information content (AvgIpc) is 3.04. The number of amides is 2. The fourth-order valence-electron chi connectivity index (χ4n) is 3.17. The van der Waals surface area contributed by atoms with Gasteiger partial charge in [0.25, 0.3) is 0 Å². The molecule has 2 aromatic rings. The lowest BCUT2D eigenvalue weighted by atomic mass is 10.0. The van der Waals surface area contributed by atoms with Gasteiger partial charge < -0.3 is 10.6 Å². The Morgan fingerprint density at radius 1 is 1.40 bits per heavy atom. The summed E-state index contributed by atoms with van der Waals surface area (Å²) < 4.78 is 1.92. The van der Waals surface area contributed by atoms with Crippen LogP contribution in [0.4, 0.5) is 4.79 Å². The standard InChI is InChI=1S/C18H26N6O/c1-4-15-21-17-14(9-7-11-24(17)23-15)20-18(25)22-16(12(2)3)13-8-5-6-10-19-13/h5-6,8,10,12,14,16H,4,7,9,11H2,1-3H3,(H2,20,22,25)/t14-,16-/m1/s1. The first-order valence-electron chi connectivity index (χ1n) is 9.00. The highest BCUT2D eigenvalue weighted by Crippen LogP contribution is 2.24. The third-order valence-corrected chi connectivity index (χ3v) is 4.50. The van der Waals surface area contributed by atoms with Crippen LogP contribution in [0, 0.1) is 5.92 Å². The number of aryl methyl sites for hydroxylation is 2. The Kier molecular flexibility index (Phi) is 5.31. The minimum absolute atomic E-state index is 0.0990. The van der Waals surface area contributed by atoms with Gasteiger partial charge >= 0.3 is 6.03 Å². The van der Waals surface area contributed by atoms with Gasteiger partial charge in [-0.25, -0.2) is 14.5 Å². The zero-order chi connectivity index (χ0) is 17.8. The van der Waals surface area contributed by atoms with E-state index in [0.29, 0.717) is 0 Å². The molecule has 1 aliphatic heterocycles. The summed E-state index contributed by atoms with van der Waals surface area (Å²) >= 11 is 0. The Hall–Kier alpha value is -2.44. The summed E-state index contributed by atoms with van der Waals surface area (Å²) in [6.07, 6.45) is 4.41. The van der Waals surface area contributed by atoms with E-state index in [2.05, 4.69) is 39.5 Å². The molecule has 1 aliphatic rings. The van der Waals surface area contributed by atoms with Crippen molar-refractivity contribution in [3.63, 3.8) is 0 Å². The van der Waals surface area contributed by atoms with Gasteiger partial charge in [0.1, 0.15) is 5.82 Å². The quantitative estimate of drug-likeness (QED) is 0.875. The summed E-state index contributed by atoms with van der Waals surface area (Å²) in [4.78, 5) is 21.5. The first-order valence-corrected chi connectivity index (χ1v) is 9.00. The molecule has 0 saturated carbocycles. The summed E-state index contributed by atoms with van der Waals surface area (Å²) in [5.74, 6) is 1.93. The molecule has 0 aromatic carbocycles. The molecule has 0 unspecified atom stereocenters. The number of nitrogens with zero attached hydrogens (tertiary/aromatic N) is 4.